The van der Waals surface area contributed by atoms with E-state index in [-0.39, 0.29) is 23.0 Å². The Morgan fingerprint density at radius 3 is 2.58 bits per heavy atom. The number of carbonyl (C=O) groups excluding carboxylic acids is 1. The number of nitrogens with zero attached hydrogens (tertiary/aromatic N) is 1. The van der Waals surface area contributed by atoms with Crippen LogP contribution in [0.1, 0.15) is 30.4 Å². The average Bonchev–Trinajstić information content (AvgIpc) is 3.35. The smallest absolute Gasteiger partial charge is 0.251 e. The maximum absolute atomic E-state index is 13.3. The van der Waals surface area contributed by atoms with Crippen molar-refractivity contribution >= 4 is 48.9 Å². The Morgan fingerprint density at radius 2 is 1.80 bits per heavy atom. The van der Waals surface area contributed by atoms with Crippen molar-refractivity contribution in [3.8, 4) is 10.4 Å². The summed E-state index contributed by atoms with van der Waals surface area (Å²) in [5.41, 5.74) is 3.82. The van der Waals surface area contributed by atoms with Crippen molar-refractivity contribution in [2.24, 2.45) is 0 Å². The lowest BCUT2D eigenvalue weighted by atomic mass is 10.0. The number of amides is 1. The second kappa shape index (κ2) is 11.3. The van der Waals surface area contributed by atoms with Crippen LogP contribution in [0.4, 0.5) is 5.69 Å². The summed E-state index contributed by atoms with van der Waals surface area (Å²) in [7, 11) is -1.37. The third-order valence-corrected chi connectivity index (χ3v) is 10.7. The minimum absolute atomic E-state index is 0.0982. The highest BCUT2D eigenvalue weighted by Crippen LogP contribution is 2.36. The van der Waals surface area contributed by atoms with E-state index in [0.29, 0.717) is 22.9 Å². The number of anilines is 1. The zero-order valence-corrected chi connectivity index (χ0v) is 24.1. The summed E-state index contributed by atoms with van der Waals surface area (Å²) in [5.74, 6) is -0.374. The minimum atomic E-state index is -3.51. The summed E-state index contributed by atoms with van der Waals surface area (Å²) >= 11 is 1.67. The number of ether oxygens (including phenoxy) is 1. The molecule has 206 valence electrons. The Balaban J connectivity index is 1.20. The molecule has 0 atom stereocenters. The molecule has 2 aliphatic rings. The van der Waals surface area contributed by atoms with Crippen molar-refractivity contribution in [3.63, 3.8) is 0 Å². The van der Waals surface area contributed by atoms with E-state index in [1.165, 1.54) is 10.3 Å². The molecule has 0 bridgehead atoms. The van der Waals surface area contributed by atoms with Gasteiger partial charge in [-0.1, -0.05) is 36.4 Å². The molecule has 3 aromatic carbocycles. The van der Waals surface area contributed by atoms with Gasteiger partial charge < -0.3 is 10.1 Å². The van der Waals surface area contributed by atoms with Crippen molar-refractivity contribution in [1.82, 2.24) is 4.90 Å². The van der Waals surface area contributed by atoms with E-state index < -0.39 is 9.84 Å². The molecule has 0 radical (unpaired) electrons. The van der Waals surface area contributed by atoms with Gasteiger partial charge in [0, 0.05) is 46.6 Å². The van der Waals surface area contributed by atoms with E-state index in [9.17, 15) is 13.2 Å². The van der Waals surface area contributed by atoms with E-state index in [2.05, 4.69) is 35.5 Å². The minimum Gasteiger partial charge on any atom is -0.381 e. The van der Waals surface area contributed by atoms with E-state index in [4.69, 9.17) is 4.74 Å². The molecular formula is C32H32N2O4S2. The summed E-state index contributed by atoms with van der Waals surface area (Å²) in [6.07, 6.45) is 3.99. The maximum atomic E-state index is 13.3. The Morgan fingerprint density at radius 1 is 1.02 bits per heavy atom. The van der Waals surface area contributed by atoms with Gasteiger partial charge in [-0.2, -0.15) is 0 Å². The zero-order valence-electron chi connectivity index (χ0n) is 22.4. The van der Waals surface area contributed by atoms with Gasteiger partial charge in [0.1, 0.15) is 0 Å². The Bertz CT molecular complexity index is 1650. The monoisotopic (exact) mass is 572 g/mol. The van der Waals surface area contributed by atoms with Gasteiger partial charge >= 0.3 is 0 Å². The second-order valence-electron chi connectivity index (χ2n) is 10.5. The fraction of sp³-hybridized carbons (Fsp3) is 0.281. The van der Waals surface area contributed by atoms with E-state index in [1.54, 1.807) is 23.5 Å². The van der Waals surface area contributed by atoms with Gasteiger partial charge in [-0.3, -0.25) is 9.69 Å². The predicted octanol–water partition coefficient (Wildman–Crippen LogP) is 6.38. The highest BCUT2D eigenvalue weighted by atomic mass is 32.2. The molecule has 3 heterocycles. The molecule has 6 nitrogen and oxygen atoms in total. The zero-order chi connectivity index (χ0) is 27.7. The summed E-state index contributed by atoms with van der Waals surface area (Å²) in [4.78, 5) is 17.0. The normalized spacial score (nSPS) is 17.3. The van der Waals surface area contributed by atoms with Crippen molar-refractivity contribution < 1.29 is 17.9 Å². The number of benzene rings is 3. The number of carbonyl (C=O) groups is 1. The maximum Gasteiger partial charge on any atom is 0.251 e. The quantitative estimate of drug-likeness (QED) is 0.290. The Hall–Kier alpha value is -3.30. The first-order chi connectivity index (χ1) is 19.4. The average molecular weight is 573 g/mol. The highest BCUT2D eigenvalue weighted by molar-refractivity contribution is 7.91. The van der Waals surface area contributed by atoms with E-state index >= 15 is 0 Å². The fourth-order valence-corrected chi connectivity index (χ4v) is 7.98. The van der Waals surface area contributed by atoms with Crippen LogP contribution in [0.3, 0.4) is 0 Å². The number of sulfone groups is 1. The summed E-state index contributed by atoms with van der Waals surface area (Å²) < 4.78 is 32.8. The second-order valence-corrected chi connectivity index (χ2v) is 13.7. The molecular weight excluding hydrogens is 540 g/mol. The number of hydrogen-bond donors (Lipinski definition) is 1. The van der Waals surface area contributed by atoms with Crippen molar-refractivity contribution in [3.05, 3.63) is 89.5 Å². The molecule has 4 aromatic rings. The highest BCUT2D eigenvalue weighted by Gasteiger charge is 2.25. The lowest BCUT2D eigenvalue weighted by molar-refractivity contribution is -0.112. The first-order valence-corrected chi connectivity index (χ1v) is 16.1. The molecule has 1 fully saturated rings. The molecule has 6 rings (SSSR count). The molecule has 1 N–H and O–H groups in total. The van der Waals surface area contributed by atoms with E-state index in [1.807, 2.05) is 48.5 Å². The van der Waals surface area contributed by atoms with Gasteiger partial charge in [-0.15, -0.1) is 11.3 Å². The standard InChI is InChI=1S/C32H32N2O4S2/c1-34(28-12-15-38-16-13-28)21-22-6-9-27(10-7-22)33-32(35)25-14-17-40(36,37)31-11-8-24(18-26(31)19-25)30-20-23-4-2-3-5-29(23)39-30/h2-11,18-20,28H,12-17,21H2,1H3,(H,33,35). The summed E-state index contributed by atoms with van der Waals surface area (Å²) in [5, 5.41) is 4.13. The van der Waals surface area contributed by atoms with Crippen LogP contribution in [0.5, 0.6) is 0 Å². The molecule has 1 aromatic heterocycles. The summed E-state index contributed by atoms with van der Waals surface area (Å²) in [6, 6.07) is 24.1. The van der Waals surface area contributed by atoms with Crippen molar-refractivity contribution in [2.75, 3.05) is 31.3 Å². The third-order valence-electron chi connectivity index (χ3n) is 7.77. The lowest BCUT2D eigenvalue weighted by Crippen LogP contribution is -2.36. The molecule has 1 amide bonds. The van der Waals surface area contributed by atoms with E-state index in [0.717, 1.165) is 48.4 Å². The van der Waals surface area contributed by atoms with Crippen LogP contribution in [-0.2, 0) is 25.9 Å². The van der Waals surface area contributed by atoms with Gasteiger partial charge in [0.15, 0.2) is 9.84 Å². The Labute approximate surface area is 239 Å². The van der Waals surface area contributed by atoms with Crippen LogP contribution in [0.25, 0.3) is 26.6 Å². The first kappa shape index (κ1) is 26.9. The topological polar surface area (TPSA) is 75.7 Å². The van der Waals surface area contributed by atoms with Gasteiger partial charge in [0.05, 0.1) is 10.6 Å². The van der Waals surface area contributed by atoms with Crippen LogP contribution in [0.15, 0.2) is 83.3 Å². The van der Waals surface area contributed by atoms with Gasteiger partial charge in [-0.25, -0.2) is 8.42 Å². The number of nitrogens with one attached hydrogen (secondary N) is 1. The molecule has 0 spiro atoms. The third kappa shape index (κ3) is 5.76. The van der Waals surface area contributed by atoms with Gasteiger partial charge in [0.25, 0.3) is 5.91 Å². The first-order valence-electron chi connectivity index (χ1n) is 13.6. The SMILES string of the molecule is CN(Cc1ccc(NC(=O)C2=Cc3cc(-c4cc5ccccc5s4)ccc3S(=O)(=O)CC2)cc1)C1CCOCC1. The molecule has 0 saturated carbocycles. The number of hydrogen-bond acceptors (Lipinski definition) is 6. The van der Waals surface area contributed by atoms with Crippen LogP contribution in [0, 0.1) is 0 Å². The van der Waals surface area contributed by atoms with Crippen molar-refractivity contribution in [2.45, 2.75) is 36.7 Å². The van der Waals surface area contributed by atoms with Gasteiger partial charge in [-0.05, 0) is 90.9 Å². The van der Waals surface area contributed by atoms with Crippen molar-refractivity contribution in [1.29, 1.82) is 0 Å². The van der Waals surface area contributed by atoms with Gasteiger partial charge in [0.2, 0.25) is 0 Å². The molecule has 0 unspecified atom stereocenters. The molecule has 8 heteroatoms. The summed E-state index contributed by atoms with van der Waals surface area (Å²) in [6.45, 7) is 2.46. The van der Waals surface area contributed by atoms with Crippen LogP contribution < -0.4 is 5.32 Å². The number of thiophene rings is 1. The Kier molecular flexibility index (Phi) is 7.59. The van der Waals surface area contributed by atoms with Crippen LogP contribution >= 0.6 is 11.3 Å². The molecule has 0 aliphatic carbocycles. The predicted molar refractivity (Wildman–Crippen MR) is 162 cm³/mol. The largest absolute Gasteiger partial charge is 0.381 e. The number of fused-ring (bicyclic) bond motifs is 2. The van der Waals surface area contributed by atoms with Crippen LogP contribution in [-0.4, -0.2) is 51.3 Å². The van der Waals surface area contributed by atoms with Crippen LogP contribution in [0.2, 0.25) is 0 Å². The molecule has 40 heavy (non-hydrogen) atoms. The molecule has 2 aliphatic heterocycles. The fourth-order valence-electron chi connectivity index (χ4n) is 5.46. The lowest BCUT2D eigenvalue weighted by Gasteiger charge is -2.31. The molecule has 1 saturated heterocycles. The number of rotatable bonds is 6.